The maximum atomic E-state index is 13.3. The highest BCUT2D eigenvalue weighted by molar-refractivity contribution is 5.89. The number of carbonyl (C=O) groups is 3. The SMILES string of the molecule is CC[C@H](C)[C@H](NC(=O)OCC1c2ccccc2-c2ccccc21)C(=O)N1CCCCC1C(=O)O. The van der Waals surface area contributed by atoms with Gasteiger partial charge >= 0.3 is 12.1 Å². The number of hydrogen-bond donors (Lipinski definition) is 2. The quantitative estimate of drug-likeness (QED) is 0.633. The van der Waals surface area contributed by atoms with Crippen molar-refractivity contribution in [1.82, 2.24) is 10.2 Å². The zero-order valence-corrected chi connectivity index (χ0v) is 19.7. The number of hydrogen-bond acceptors (Lipinski definition) is 4. The molecule has 0 radical (unpaired) electrons. The predicted octanol–water partition coefficient (Wildman–Crippen LogP) is 4.41. The molecule has 2 aliphatic rings. The van der Waals surface area contributed by atoms with E-state index in [-0.39, 0.29) is 24.3 Å². The molecule has 0 saturated carbocycles. The highest BCUT2D eigenvalue weighted by Crippen LogP contribution is 2.44. The summed E-state index contributed by atoms with van der Waals surface area (Å²) in [6, 6.07) is 14.5. The fourth-order valence-electron chi connectivity index (χ4n) is 5.08. The van der Waals surface area contributed by atoms with E-state index < -0.39 is 24.1 Å². The van der Waals surface area contributed by atoms with Crippen molar-refractivity contribution in [2.24, 2.45) is 5.92 Å². The van der Waals surface area contributed by atoms with Crippen molar-refractivity contribution in [3.05, 3.63) is 59.7 Å². The summed E-state index contributed by atoms with van der Waals surface area (Å²) in [7, 11) is 0. The van der Waals surface area contributed by atoms with E-state index in [2.05, 4.69) is 29.6 Å². The molecule has 2 N–H and O–H groups in total. The minimum atomic E-state index is -1.00. The van der Waals surface area contributed by atoms with Crippen LogP contribution < -0.4 is 5.32 Å². The number of fused-ring (bicyclic) bond motifs is 3. The van der Waals surface area contributed by atoms with Crippen molar-refractivity contribution in [3.8, 4) is 11.1 Å². The van der Waals surface area contributed by atoms with Gasteiger partial charge in [-0.1, -0.05) is 68.8 Å². The first-order valence-electron chi connectivity index (χ1n) is 12.1. The molecule has 0 aromatic heterocycles. The summed E-state index contributed by atoms with van der Waals surface area (Å²) < 4.78 is 5.64. The lowest BCUT2D eigenvalue weighted by atomic mass is 9.95. The molecule has 0 spiro atoms. The summed E-state index contributed by atoms with van der Waals surface area (Å²) in [4.78, 5) is 39.3. The molecule has 7 nitrogen and oxygen atoms in total. The molecule has 4 rings (SSSR count). The number of carbonyl (C=O) groups excluding carboxylic acids is 2. The molecule has 2 aromatic carbocycles. The third kappa shape index (κ3) is 4.65. The second kappa shape index (κ2) is 10.3. The Morgan fingerprint density at radius 3 is 2.26 bits per heavy atom. The van der Waals surface area contributed by atoms with Crippen molar-refractivity contribution in [2.45, 2.75) is 57.5 Å². The number of amides is 2. The van der Waals surface area contributed by atoms with Gasteiger partial charge in [0.25, 0.3) is 0 Å². The Morgan fingerprint density at radius 2 is 1.68 bits per heavy atom. The van der Waals surface area contributed by atoms with E-state index in [1.807, 2.05) is 38.1 Å². The van der Waals surface area contributed by atoms with Crippen LogP contribution in [0, 0.1) is 5.92 Å². The molecule has 2 aromatic rings. The molecule has 3 atom stereocenters. The topological polar surface area (TPSA) is 95.9 Å². The molecule has 1 fully saturated rings. The van der Waals surface area contributed by atoms with Gasteiger partial charge in [-0.3, -0.25) is 4.79 Å². The molecular formula is C27H32N2O5. The van der Waals surface area contributed by atoms with Crippen LogP contribution in [0.2, 0.25) is 0 Å². The number of likely N-dealkylation sites (tertiary alicyclic amines) is 1. The van der Waals surface area contributed by atoms with E-state index in [9.17, 15) is 19.5 Å². The van der Waals surface area contributed by atoms with Gasteiger partial charge in [-0.05, 0) is 47.4 Å². The average molecular weight is 465 g/mol. The first kappa shape index (κ1) is 23.8. The molecule has 1 aliphatic carbocycles. The van der Waals surface area contributed by atoms with Crippen LogP contribution in [0.15, 0.2) is 48.5 Å². The molecule has 1 aliphatic heterocycles. The molecule has 0 bridgehead atoms. The summed E-state index contributed by atoms with van der Waals surface area (Å²) in [5.74, 6) is -1.59. The zero-order valence-electron chi connectivity index (χ0n) is 19.7. The van der Waals surface area contributed by atoms with E-state index in [1.165, 1.54) is 4.90 Å². The third-order valence-electron chi connectivity index (χ3n) is 7.17. The Morgan fingerprint density at radius 1 is 1.06 bits per heavy atom. The molecular weight excluding hydrogens is 432 g/mol. The maximum absolute atomic E-state index is 13.3. The Bertz CT molecular complexity index is 1020. The molecule has 1 heterocycles. The second-order valence-corrected chi connectivity index (χ2v) is 9.21. The first-order chi connectivity index (χ1) is 16.4. The molecule has 2 amide bonds. The highest BCUT2D eigenvalue weighted by Gasteiger charge is 2.38. The van der Waals surface area contributed by atoms with Gasteiger partial charge in [-0.25, -0.2) is 9.59 Å². The van der Waals surface area contributed by atoms with Gasteiger partial charge in [0.2, 0.25) is 5.91 Å². The van der Waals surface area contributed by atoms with Gasteiger partial charge in [0.15, 0.2) is 0 Å². The van der Waals surface area contributed by atoms with Crippen molar-refractivity contribution in [1.29, 1.82) is 0 Å². The monoisotopic (exact) mass is 464 g/mol. The largest absolute Gasteiger partial charge is 0.480 e. The van der Waals surface area contributed by atoms with E-state index >= 15 is 0 Å². The number of rotatable bonds is 7. The number of nitrogens with one attached hydrogen (secondary N) is 1. The van der Waals surface area contributed by atoms with Crippen LogP contribution in [-0.4, -0.2) is 53.2 Å². The van der Waals surface area contributed by atoms with Gasteiger partial charge in [-0.15, -0.1) is 0 Å². The summed E-state index contributed by atoms with van der Waals surface area (Å²) in [5.41, 5.74) is 4.52. The standard InChI is InChI=1S/C27H32N2O5/c1-3-17(2)24(25(30)29-15-9-8-14-23(29)26(31)32)28-27(33)34-16-22-20-12-6-4-10-18(20)19-11-5-7-13-21(19)22/h4-7,10-13,17,22-24H,3,8-9,14-16H2,1-2H3,(H,28,33)(H,31,32)/t17-,23?,24-/m0/s1. The molecule has 1 unspecified atom stereocenters. The van der Waals surface area contributed by atoms with Crippen LogP contribution in [0.1, 0.15) is 56.6 Å². The van der Waals surface area contributed by atoms with Crippen molar-refractivity contribution in [3.63, 3.8) is 0 Å². The molecule has 34 heavy (non-hydrogen) atoms. The van der Waals surface area contributed by atoms with E-state index in [0.29, 0.717) is 19.4 Å². The zero-order chi connectivity index (χ0) is 24.2. The van der Waals surface area contributed by atoms with Crippen LogP contribution in [0.4, 0.5) is 4.79 Å². The Labute approximate surface area is 200 Å². The Balaban J connectivity index is 1.46. The molecule has 1 saturated heterocycles. The second-order valence-electron chi connectivity index (χ2n) is 9.21. The lowest BCUT2D eigenvalue weighted by molar-refractivity contribution is -0.153. The van der Waals surface area contributed by atoms with E-state index in [0.717, 1.165) is 35.1 Å². The Kier molecular flexibility index (Phi) is 7.20. The number of piperidine rings is 1. The van der Waals surface area contributed by atoms with Crippen molar-refractivity contribution >= 4 is 18.0 Å². The number of benzene rings is 2. The lowest BCUT2D eigenvalue weighted by Gasteiger charge is -2.36. The van der Waals surface area contributed by atoms with Gasteiger partial charge in [0.1, 0.15) is 18.7 Å². The number of carboxylic acids is 1. The van der Waals surface area contributed by atoms with Crippen LogP contribution in [0.5, 0.6) is 0 Å². The first-order valence-corrected chi connectivity index (χ1v) is 12.1. The van der Waals surface area contributed by atoms with Gasteiger partial charge in [0, 0.05) is 12.5 Å². The molecule has 180 valence electrons. The summed E-state index contributed by atoms with van der Waals surface area (Å²) >= 11 is 0. The van der Waals surface area contributed by atoms with Gasteiger partial charge in [-0.2, -0.15) is 0 Å². The summed E-state index contributed by atoms with van der Waals surface area (Å²) in [6.45, 7) is 4.36. The number of carboxylic acid groups (broad SMARTS) is 1. The average Bonchev–Trinajstić information content (AvgIpc) is 3.18. The highest BCUT2D eigenvalue weighted by atomic mass is 16.5. The minimum Gasteiger partial charge on any atom is -0.480 e. The predicted molar refractivity (Wildman–Crippen MR) is 128 cm³/mol. The van der Waals surface area contributed by atoms with E-state index in [4.69, 9.17) is 4.74 Å². The maximum Gasteiger partial charge on any atom is 0.407 e. The van der Waals surface area contributed by atoms with Crippen molar-refractivity contribution in [2.75, 3.05) is 13.2 Å². The molecule has 7 heteroatoms. The fourth-order valence-corrected chi connectivity index (χ4v) is 5.08. The Hall–Kier alpha value is -3.35. The summed E-state index contributed by atoms with van der Waals surface area (Å²) in [5, 5.41) is 12.3. The van der Waals surface area contributed by atoms with Crippen LogP contribution >= 0.6 is 0 Å². The van der Waals surface area contributed by atoms with Crippen molar-refractivity contribution < 1.29 is 24.2 Å². The normalized spacial score (nSPS) is 19.0. The number of alkyl carbamates (subject to hydrolysis) is 1. The van der Waals surface area contributed by atoms with Crippen LogP contribution in [0.3, 0.4) is 0 Å². The van der Waals surface area contributed by atoms with Gasteiger partial charge < -0.3 is 20.1 Å². The number of nitrogens with zero attached hydrogens (tertiary/aromatic N) is 1. The third-order valence-corrected chi connectivity index (χ3v) is 7.17. The van der Waals surface area contributed by atoms with E-state index in [1.54, 1.807) is 0 Å². The fraction of sp³-hybridized carbons (Fsp3) is 0.444. The van der Waals surface area contributed by atoms with Crippen LogP contribution in [-0.2, 0) is 14.3 Å². The van der Waals surface area contributed by atoms with Gasteiger partial charge in [0.05, 0.1) is 0 Å². The summed E-state index contributed by atoms with van der Waals surface area (Å²) in [6.07, 6.45) is 1.96. The lowest BCUT2D eigenvalue weighted by Crippen LogP contribution is -2.57. The number of aliphatic carboxylic acids is 1. The smallest absolute Gasteiger partial charge is 0.407 e. The minimum absolute atomic E-state index is 0.0746. The number of ether oxygens (including phenoxy) is 1. The van der Waals surface area contributed by atoms with Crippen LogP contribution in [0.25, 0.3) is 11.1 Å².